The Bertz CT molecular complexity index is 736. The van der Waals surface area contributed by atoms with Crippen molar-refractivity contribution in [1.82, 2.24) is 4.98 Å². The van der Waals surface area contributed by atoms with Gasteiger partial charge in [0.2, 0.25) is 5.69 Å². The van der Waals surface area contributed by atoms with Gasteiger partial charge in [0, 0.05) is 18.3 Å². The molecule has 1 aromatic carbocycles. The molecule has 2 heterocycles. The minimum Gasteiger partial charge on any atom is -0.326 e. The number of para-hydroxylation sites is 1. The van der Waals surface area contributed by atoms with Crippen molar-refractivity contribution in [3.05, 3.63) is 57.8 Å². The van der Waals surface area contributed by atoms with Crippen LogP contribution in [-0.2, 0) is 6.42 Å². The average molecular weight is 266 g/mol. The molecular weight excluding hydrogens is 256 g/mol. The van der Waals surface area contributed by atoms with Crippen molar-refractivity contribution in [3.8, 4) is 6.07 Å². The number of benzene rings is 1. The third kappa shape index (κ3) is 1.86. The minimum atomic E-state index is -0.590. The first-order valence-corrected chi connectivity index (χ1v) is 6.11. The van der Waals surface area contributed by atoms with Gasteiger partial charge in [0.25, 0.3) is 0 Å². The van der Waals surface area contributed by atoms with Gasteiger partial charge in [-0.05, 0) is 24.1 Å². The number of nitrogens with zero attached hydrogens (tertiary/aromatic N) is 4. The summed E-state index contributed by atoms with van der Waals surface area (Å²) in [6.07, 6.45) is 0.900. The van der Waals surface area contributed by atoms with E-state index >= 15 is 0 Å². The van der Waals surface area contributed by atoms with Crippen LogP contribution in [-0.4, -0.2) is 16.5 Å². The summed E-state index contributed by atoms with van der Waals surface area (Å²) in [5, 5.41) is 19.8. The fourth-order valence-corrected chi connectivity index (χ4v) is 2.40. The van der Waals surface area contributed by atoms with Crippen LogP contribution in [0.15, 0.2) is 36.4 Å². The zero-order valence-corrected chi connectivity index (χ0v) is 10.5. The van der Waals surface area contributed by atoms with E-state index < -0.39 is 4.92 Å². The average Bonchev–Trinajstić information content (AvgIpc) is 2.90. The second kappa shape index (κ2) is 4.63. The molecule has 20 heavy (non-hydrogen) atoms. The number of aromatic nitrogens is 1. The maximum Gasteiger partial charge on any atom is 0.305 e. The van der Waals surface area contributed by atoms with Gasteiger partial charge >= 0.3 is 5.69 Å². The first-order chi connectivity index (χ1) is 9.70. The van der Waals surface area contributed by atoms with Crippen LogP contribution in [0, 0.1) is 21.4 Å². The normalized spacial score (nSPS) is 12.8. The summed E-state index contributed by atoms with van der Waals surface area (Å²) in [5.41, 5.74) is 1.84. The molecular formula is C14H10N4O2. The highest BCUT2D eigenvalue weighted by molar-refractivity contribution is 5.68. The summed E-state index contributed by atoms with van der Waals surface area (Å²) in [6, 6.07) is 12.7. The van der Waals surface area contributed by atoms with Crippen molar-refractivity contribution in [2.45, 2.75) is 6.42 Å². The first kappa shape index (κ1) is 12.1. The van der Waals surface area contributed by atoms with Crippen molar-refractivity contribution in [2.75, 3.05) is 11.4 Å². The molecule has 0 radical (unpaired) electrons. The van der Waals surface area contributed by atoms with Crippen LogP contribution in [0.25, 0.3) is 0 Å². The molecule has 6 nitrogen and oxygen atoms in total. The quantitative estimate of drug-likeness (QED) is 0.616. The van der Waals surface area contributed by atoms with Gasteiger partial charge in [-0.15, -0.1) is 0 Å². The first-order valence-electron chi connectivity index (χ1n) is 6.11. The van der Waals surface area contributed by atoms with E-state index in [1.165, 1.54) is 11.6 Å². The molecule has 0 atom stereocenters. The molecule has 0 N–H and O–H groups in total. The molecule has 0 aliphatic carbocycles. The van der Waals surface area contributed by atoms with Gasteiger partial charge in [0.1, 0.15) is 11.9 Å². The van der Waals surface area contributed by atoms with Crippen molar-refractivity contribution < 1.29 is 4.92 Å². The summed E-state index contributed by atoms with van der Waals surface area (Å²) >= 11 is 0. The minimum absolute atomic E-state index is 0.156. The predicted octanol–water partition coefficient (Wildman–Crippen LogP) is 2.56. The predicted molar refractivity (Wildman–Crippen MR) is 72.8 cm³/mol. The second-order valence-corrected chi connectivity index (χ2v) is 4.44. The summed E-state index contributed by atoms with van der Waals surface area (Å²) < 4.78 is 0. The lowest BCUT2D eigenvalue weighted by Crippen LogP contribution is -2.15. The highest BCUT2D eigenvalue weighted by atomic mass is 16.6. The fourth-order valence-electron chi connectivity index (χ4n) is 2.40. The fraction of sp³-hybridized carbons (Fsp3) is 0.143. The van der Waals surface area contributed by atoms with E-state index in [-0.39, 0.29) is 11.4 Å². The Kier molecular flexibility index (Phi) is 2.80. The second-order valence-electron chi connectivity index (χ2n) is 4.44. The number of hydrogen-bond acceptors (Lipinski definition) is 5. The van der Waals surface area contributed by atoms with Crippen LogP contribution < -0.4 is 4.90 Å². The Hall–Kier alpha value is -2.94. The molecule has 0 saturated heterocycles. The number of nitriles is 1. The van der Waals surface area contributed by atoms with E-state index in [9.17, 15) is 10.1 Å². The van der Waals surface area contributed by atoms with E-state index in [0.717, 1.165) is 18.7 Å². The third-order valence-electron chi connectivity index (χ3n) is 3.33. The summed E-state index contributed by atoms with van der Waals surface area (Å²) in [4.78, 5) is 16.3. The molecule has 0 fully saturated rings. The van der Waals surface area contributed by atoms with Gasteiger partial charge in [0.15, 0.2) is 0 Å². The number of anilines is 2. The largest absolute Gasteiger partial charge is 0.326 e. The van der Waals surface area contributed by atoms with E-state index in [0.29, 0.717) is 5.82 Å². The van der Waals surface area contributed by atoms with E-state index in [2.05, 4.69) is 4.98 Å². The highest BCUT2D eigenvalue weighted by Crippen LogP contribution is 2.34. The molecule has 0 bridgehead atoms. The van der Waals surface area contributed by atoms with Crippen molar-refractivity contribution >= 4 is 17.2 Å². The molecule has 1 aromatic heterocycles. The number of hydrogen-bond donors (Lipinski definition) is 0. The topological polar surface area (TPSA) is 83.1 Å². The smallest absolute Gasteiger partial charge is 0.305 e. The van der Waals surface area contributed by atoms with Crippen molar-refractivity contribution in [2.24, 2.45) is 0 Å². The summed E-state index contributed by atoms with van der Waals surface area (Å²) in [5.74, 6) is 0.567. The van der Waals surface area contributed by atoms with Crippen LogP contribution in [0.5, 0.6) is 0 Å². The molecule has 1 aliphatic rings. The molecule has 0 amide bonds. The zero-order valence-electron chi connectivity index (χ0n) is 10.5. The maximum atomic E-state index is 10.8. The third-order valence-corrected chi connectivity index (χ3v) is 3.33. The SMILES string of the molecule is N#Cc1nc(N2CCc3ccccc32)ccc1[N+](=O)[O-]. The number of rotatable bonds is 2. The highest BCUT2D eigenvalue weighted by Gasteiger charge is 2.23. The molecule has 1 aliphatic heterocycles. The van der Waals surface area contributed by atoms with Gasteiger partial charge in [-0.1, -0.05) is 18.2 Å². The Morgan fingerprint density at radius 3 is 2.85 bits per heavy atom. The van der Waals surface area contributed by atoms with Gasteiger partial charge in [-0.25, -0.2) is 4.98 Å². The van der Waals surface area contributed by atoms with E-state index in [1.807, 2.05) is 29.2 Å². The number of pyridine rings is 1. The summed E-state index contributed by atoms with van der Waals surface area (Å²) in [7, 11) is 0. The molecule has 3 rings (SSSR count). The Labute approximate surface area is 115 Å². The van der Waals surface area contributed by atoms with Crippen LogP contribution in [0.4, 0.5) is 17.2 Å². The van der Waals surface area contributed by atoms with E-state index in [4.69, 9.17) is 5.26 Å². The molecule has 6 heteroatoms. The zero-order chi connectivity index (χ0) is 14.1. The van der Waals surface area contributed by atoms with Crippen LogP contribution in [0.3, 0.4) is 0 Å². The lowest BCUT2D eigenvalue weighted by molar-refractivity contribution is -0.385. The molecule has 0 saturated carbocycles. The van der Waals surface area contributed by atoms with Crippen molar-refractivity contribution in [3.63, 3.8) is 0 Å². The van der Waals surface area contributed by atoms with E-state index in [1.54, 1.807) is 12.1 Å². The monoisotopic (exact) mass is 266 g/mol. The molecule has 98 valence electrons. The lowest BCUT2D eigenvalue weighted by atomic mass is 10.2. The number of nitro groups is 1. The number of fused-ring (bicyclic) bond motifs is 1. The molecule has 0 unspecified atom stereocenters. The van der Waals surface area contributed by atoms with Gasteiger partial charge < -0.3 is 4.90 Å². The van der Waals surface area contributed by atoms with Gasteiger partial charge in [-0.2, -0.15) is 5.26 Å². The standard InChI is InChI=1S/C14H10N4O2/c15-9-11-13(18(19)20)5-6-14(16-11)17-8-7-10-3-1-2-4-12(10)17/h1-6H,7-8H2. The van der Waals surface area contributed by atoms with Crippen LogP contribution in [0.1, 0.15) is 11.3 Å². The Morgan fingerprint density at radius 1 is 1.30 bits per heavy atom. The maximum absolute atomic E-state index is 10.8. The van der Waals surface area contributed by atoms with Crippen LogP contribution >= 0.6 is 0 Å². The molecule has 0 spiro atoms. The summed E-state index contributed by atoms with van der Waals surface area (Å²) in [6.45, 7) is 0.759. The van der Waals surface area contributed by atoms with Crippen molar-refractivity contribution in [1.29, 1.82) is 5.26 Å². The van der Waals surface area contributed by atoms with Crippen LogP contribution in [0.2, 0.25) is 0 Å². The van der Waals surface area contributed by atoms with Gasteiger partial charge in [-0.3, -0.25) is 10.1 Å². The van der Waals surface area contributed by atoms with Gasteiger partial charge in [0.05, 0.1) is 4.92 Å². The molecule has 2 aromatic rings. The Morgan fingerprint density at radius 2 is 2.10 bits per heavy atom. The Balaban J connectivity index is 2.05. The lowest BCUT2D eigenvalue weighted by Gasteiger charge is -2.18.